The van der Waals surface area contributed by atoms with Crippen molar-refractivity contribution in [2.45, 2.75) is 316 Å². The first-order valence-electron chi connectivity index (χ1n) is 37.1. The second-order valence-electron chi connectivity index (χ2n) is 24.5. The van der Waals surface area contributed by atoms with E-state index < -0.39 is 97.5 Å². The van der Waals surface area contributed by atoms with Crippen molar-refractivity contribution < 1.29 is 80.2 Å². The number of carbonyl (C=O) groups is 4. The predicted octanol–water partition coefficient (Wildman–Crippen LogP) is 21.0. The lowest BCUT2D eigenvalue weighted by Gasteiger charge is -2.21. The van der Waals surface area contributed by atoms with E-state index in [9.17, 15) is 43.2 Å². The molecule has 0 aromatic rings. The molecule has 0 aromatic carbocycles. The summed E-state index contributed by atoms with van der Waals surface area (Å²) in [4.78, 5) is 72.7. The number of carbonyl (C=O) groups excluding carboxylic acids is 4. The van der Waals surface area contributed by atoms with Crippen molar-refractivity contribution in [3.63, 3.8) is 0 Å². The molecule has 0 bridgehead atoms. The number of hydrogen-bond donors (Lipinski definition) is 3. The number of allylic oxidation sites excluding steroid dienone is 18. The fraction of sp³-hybridized carbons (Fsp3) is 0.714. The zero-order valence-corrected chi connectivity index (χ0v) is 61.8. The molecule has 0 aromatic heterocycles. The Labute approximate surface area is 581 Å². The maximum Gasteiger partial charge on any atom is 0.472 e. The molecule has 0 aliphatic rings. The molecule has 0 heterocycles. The first-order valence-corrected chi connectivity index (χ1v) is 40.1. The van der Waals surface area contributed by atoms with E-state index >= 15 is 0 Å². The average Bonchev–Trinajstić information content (AvgIpc) is 1.15. The van der Waals surface area contributed by atoms with Crippen LogP contribution >= 0.6 is 15.6 Å². The normalized spacial score (nSPS) is 14.6. The molecule has 0 amide bonds. The summed E-state index contributed by atoms with van der Waals surface area (Å²) in [5, 5.41) is 10.6. The van der Waals surface area contributed by atoms with Gasteiger partial charge < -0.3 is 33.8 Å². The van der Waals surface area contributed by atoms with Gasteiger partial charge in [0.15, 0.2) is 12.2 Å². The van der Waals surface area contributed by atoms with E-state index in [0.29, 0.717) is 25.7 Å². The van der Waals surface area contributed by atoms with Crippen LogP contribution in [0.4, 0.5) is 0 Å². The van der Waals surface area contributed by atoms with E-state index in [1.54, 1.807) is 0 Å². The van der Waals surface area contributed by atoms with Crippen molar-refractivity contribution in [3.05, 3.63) is 109 Å². The highest BCUT2D eigenvalue weighted by Crippen LogP contribution is 2.45. The number of hydrogen-bond acceptors (Lipinski definition) is 15. The Balaban J connectivity index is 5.30. The van der Waals surface area contributed by atoms with E-state index in [0.717, 1.165) is 193 Å². The highest BCUT2D eigenvalue weighted by Gasteiger charge is 2.30. The minimum absolute atomic E-state index is 0.0796. The lowest BCUT2D eigenvalue weighted by Crippen LogP contribution is -2.30. The third-order valence-electron chi connectivity index (χ3n) is 15.2. The molecular formula is C77H132O17P2. The van der Waals surface area contributed by atoms with E-state index in [4.69, 9.17) is 37.0 Å². The van der Waals surface area contributed by atoms with E-state index in [2.05, 4.69) is 137 Å². The first-order chi connectivity index (χ1) is 46.7. The number of aliphatic hydroxyl groups excluding tert-OH is 1. The summed E-state index contributed by atoms with van der Waals surface area (Å²) < 4.78 is 68.3. The molecule has 0 spiro atoms. The first kappa shape index (κ1) is 91.7. The summed E-state index contributed by atoms with van der Waals surface area (Å²) in [7, 11) is -9.95. The number of esters is 4. The Morgan fingerprint density at radius 1 is 0.302 bits per heavy atom. The lowest BCUT2D eigenvalue weighted by molar-refractivity contribution is -0.161. The smallest absolute Gasteiger partial charge is 0.462 e. The molecule has 0 radical (unpaired) electrons. The van der Waals surface area contributed by atoms with Crippen LogP contribution in [0.25, 0.3) is 0 Å². The highest BCUT2D eigenvalue weighted by molar-refractivity contribution is 7.47. The molecule has 0 aliphatic carbocycles. The van der Waals surface area contributed by atoms with Gasteiger partial charge in [0.1, 0.15) is 19.3 Å². The largest absolute Gasteiger partial charge is 0.472 e. The Hall–Kier alpha value is -4.28. The Morgan fingerprint density at radius 2 is 0.542 bits per heavy atom. The maximum absolute atomic E-state index is 13.0. The summed E-state index contributed by atoms with van der Waals surface area (Å²) in [5.41, 5.74) is 0. The van der Waals surface area contributed by atoms with Crippen LogP contribution in [-0.2, 0) is 65.4 Å². The number of rotatable bonds is 69. The van der Waals surface area contributed by atoms with E-state index in [-0.39, 0.29) is 25.7 Å². The van der Waals surface area contributed by atoms with Gasteiger partial charge in [-0.3, -0.25) is 37.3 Å². The SMILES string of the molecule is CC/C=C\C/C=C\C/C=C\C/C=C\CCCCCCCCC(=O)OCC(COP(=O)(O)OCC(O)COP(=O)(O)OCC(COC(=O)CCCCCCC/C=C\C/C=C\C/C=C\CC)OC(=O)CCCCCCC/C=C\CCCC)OC(=O)CCCCCCC/C=C\CCCC. The molecule has 0 saturated carbocycles. The molecule has 5 unspecified atom stereocenters. The van der Waals surface area contributed by atoms with Gasteiger partial charge in [0.05, 0.1) is 26.4 Å². The van der Waals surface area contributed by atoms with Crippen LogP contribution in [0.3, 0.4) is 0 Å². The van der Waals surface area contributed by atoms with Crippen molar-refractivity contribution >= 4 is 39.5 Å². The predicted molar refractivity (Wildman–Crippen MR) is 390 cm³/mol. The molecule has 0 rings (SSSR count). The lowest BCUT2D eigenvalue weighted by atomic mass is 10.1. The van der Waals surface area contributed by atoms with Crippen molar-refractivity contribution in [1.29, 1.82) is 0 Å². The van der Waals surface area contributed by atoms with Crippen LogP contribution in [0, 0.1) is 0 Å². The van der Waals surface area contributed by atoms with Gasteiger partial charge in [-0.1, -0.05) is 246 Å². The van der Waals surface area contributed by atoms with Gasteiger partial charge in [0.2, 0.25) is 0 Å². The molecule has 552 valence electrons. The quantitative estimate of drug-likeness (QED) is 0.0169. The number of aliphatic hydroxyl groups is 1. The molecule has 17 nitrogen and oxygen atoms in total. The Morgan fingerprint density at radius 3 is 0.844 bits per heavy atom. The highest BCUT2D eigenvalue weighted by atomic mass is 31.2. The second kappa shape index (κ2) is 69.2. The molecule has 0 aliphatic heterocycles. The van der Waals surface area contributed by atoms with Gasteiger partial charge >= 0.3 is 39.5 Å². The number of phosphoric ester groups is 2. The van der Waals surface area contributed by atoms with Gasteiger partial charge in [0.25, 0.3) is 0 Å². The molecule has 3 N–H and O–H groups in total. The van der Waals surface area contributed by atoms with Crippen LogP contribution in [-0.4, -0.2) is 96.7 Å². The van der Waals surface area contributed by atoms with Crippen molar-refractivity contribution in [2.24, 2.45) is 0 Å². The number of phosphoric acid groups is 2. The summed E-state index contributed by atoms with van der Waals surface area (Å²) in [5.74, 6) is -2.23. The van der Waals surface area contributed by atoms with Crippen LogP contribution in [0.1, 0.15) is 297 Å². The molecule has 19 heteroatoms. The third kappa shape index (κ3) is 68.3. The summed E-state index contributed by atoms with van der Waals surface area (Å²) in [6.45, 7) is 4.51. The summed E-state index contributed by atoms with van der Waals surface area (Å²) >= 11 is 0. The number of ether oxygens (including phenoxy) is 4. The van der Waals surface area contributed by atoms with Crippen molar-refractivity contribution in [3.8, 4) is 0 Å². The summed E-state index contributed by atoms with van der Waals surface area (Å²) in [6, 6.07) is 0. The van der Waals surface area contributed by atoms with Gasteiger partial charge in [-0.25, -0.2) is 9.13 Å². The minimum atomic E-state index is -4.98. The zero-order valence-electron chi connectivity index (χ0n) is 60.0. The summed E-state index contributed by atoms with van der Waals surface area (Å²) in [6.07, 6.45) is 72.4. The monoisotopic (exact) mass is 1390 g/mol. The van der Waals surface area contributed by atoms with Gasteiger partial charge in [-0.2, -0.15) is 0 Å². The van der Waals surface area contributed by atoms with Crippen molar-refractivity contribution in [2.75, 3.05) is 39.6 Å². The molecule has 0 fully saturated rings. The molecular weight excluding hydrogens is 1260 g/mol. The average molecular weight is 1390 g/mol. The molecule has 0 saturated heterocycles. The fourth-order valence-corrected chi connectivity index (χ4v) is 11.1. The van der Waals surface area contributed by atoms with Crippen LogP contribution < -0.4 is 0 Å². The van der Waals surface area contributed by atoms with Crippen LogP contribution in [0.5, 0.6) is 0 Å². The van der Waals surface area contributed by atoms with E-state index in [1.165, 1.54) is 25.7 Å². The Bertz CT molecular complexity index is 2250. The van der Waals surface area contributed by atoms with Crippen LogP contribution in [0.15, 0.2) is 109 Å². The second-order valence-corrected chi connectivity index (χ2v) is 27.4. The van der Waals surface area contributed by atoms with E-state index in [1.807, 2.05) is 0 Å². The van der Waals surface area contributed by atoms with Gasteiger partial charge in [-0.15, -0.1) is 0 Å². The third-order valence-corrected chi connectivity index (χ3v) is 17.1. The standard InChI is InChI=1S/C77H132O17P2/c1-5-9-13-17-21-25-29-31-33-34-35-36-38-40-44-46-50-54-58-62-75(80)88-68-73(94-77(82)64-60-56-52-48-42-28-24-20-16-12-8-4)70-92-96(85,86)90-66-71(78)65-89-95(83,84)91-69-72(93-76(81)63-59-55-51-47-41-27-23-19-15-11-7-3)67-87-74(79)61-57-53-49-45-43-39-37-32-30-26-22-18-14-10-6-2/h9-10,13-14,19-26,31-33,35-37,71-73,78H,5-8,11-12,15-18,27-30,34,38-70H2,1-4H3,(H,83,84)(H,85,86)/b13-9-,14-10-,23-19-,24-20-,25-21-,26-22-,33-31-,36-35-,37-32-. The molecule has 5 atom stereocenters. The maximum atomic E-state index is 13.0. The van der Waals surface area contributed by atoms with Crippen LogP contribution in [0.2, 0.25) is 0 Å². The topological polar surface area (TPSA) is 237 Å². The number of unbranched alkanes of at least 4 members (excludes halogenated alkanes) is 25. The fourth-order valence-electron chi connectivity index (χ4n) is 9.54. The molecule has 96 heavy (non-hydrogen) atoms. The minimum Gasteiger partial charge on any atom is -0.462 e. The Kier molecular flexibility index (Phi) is 66.1. The van der Waals surface area contributed by atoms with Crippen molar-refractivity contribution in [1.82, 2.24) is 0 Å². The van der Waals surface area contributed by atoms with Gasteiger partial charge in [-0.05, 0) is 135 Å². The zero-order chi connectivity index (χ0) is 70.4. The van der Waals surface area contributed by atoms with Gasteiger partial charge in [0, 0.05) is 25.7 Å².